The lowest BCUT2D eigenvalue weighted by Gasteiger charge is -2.11. The Labute approximate surface area is 104 Å². The smallest absolute Gasteiger partial charge is 0.0700 e. The topological polar surface area (TPSA) is 21.3 Å². The summed E-state index contributed by atoms with van der Waals surface area (Å²) in [5.41, 5.74) is 4.21. The van der Waals surface area contributed by atoms with Crippen molar-refractivity contribution in [3.05, 3.63) is 34.9 Å². The molecule has 0 spiro atoms. The maximum Gasteiger partial charge on any atom is 0.0700 e. The number of hydrogen-bond acceptors (Lipinski definition) is 2. The molecule has 1 aromatic carbocycles. The van der Waals surface area contributed by atoms with Crippen LogP contribution in [0, 0.1) is 13.8 Å². The van der Waals surface area contributed by atoms with Crippen LogP contribution in [0.4, 0.5) is 0 Å². The van der Waals surface area contributed by atoms with Crippen molar-refractivity contribution in [3.8, 4) is 0 Å². The first kappa shape index (κ1) is 12.6. The molecular weight excluding hydrogens is 210 g/mol. The molecule has 0 aliphatic carbocycles. The van der Waals surface area contributed by atoms with Crippen molar-refractivity contribution in [2.24, 2.45) is 0 Å². The van der Waals surface area contributed by atoms with E-state index in [1.807, 2.05) is 0 Å². The fourth-order valence-electron chi connectivity index (χ4n) is 2.36. The van der Waals surface area contributed by atoms with Crippen LogP contribution in [-0.2, 0) is 11.2 Å². The van der Waals surface area contributed by atoms with E-state index in [0.717, 1.165) is 26.1 Å². The minimum absolute atomic E-state index is 0.452. The molecule has 1 fully saturated rings. The molecule has 0 saturated carbocycles. The highest BCUT2D eigenvalue weighted by atomic mass is 16.5. The molecule has 1 saturated heterocycles. The van der Waals surface area contributed by atoms with Crippen molar-refractivity contribution in [1.29, 1.82) is 0 Å². The lowest BCUT2D eigenvalue weighted by Crippen LogP contribution is -2.28. The second-order valence-corrected chi connectivity index (χ2v) is 5.02. The average Bonchev–Trinajstić information content (AvgIpc) is 2.82. The molecule has 1 atom stereocenters. The van der Waals surface area contributed by atoms with Crippen molar-refractivity contribution in [2.75, 3.05) is 19.7 Å². The molecule has 0 amide bonds. The molecule has 2 nitrogen and oxygen atoms in total. The third kappa shape index (κ3) is 3.83. The standard InChI is InChI=1S/C15H23NO/c1-12-5-6-13(2)14(10-12)7-8-16-11-15-4-3-9-17-15/h5-6,10,15-16H,3-4,7-9,11H2,1-2H3. The molecule has 0 radical (unpaired) electrons. The average molecular weight is 233 g/mol. The summed E-state index contributed by atoms with van der Waals surface area (Å²) >= 11 is 0. The largest absolute Gasteiger partial charge is 0.377 e. The quantitative estimate of drug-likeness (QED) is 0.789. The van der Waals surface area contributed by atoms with Crippen LogP contribution in [0.5, 0.6) is 0 Å². The molecular formula is C15H23NO. The van der Waals surface area contributed by atoms with Crippen LogP contribution in [0.15, 0.2) is 18.2 Å². The minimum Gasteiger partial charge on any atom is -0.377 e. The van der Waals surface area contributed by atoms with Crippen molar-refractivity contribution in [3.63, 3.8) is 0 Å². The first-order valence-electron chi connectivity index (χ1n) is 6.64. The maximum atomic E-state index is 5.59. The van der Waals surface area contributed by atoms with E-state index in [4.69, 9.17) is 4.74 Å². The van der Waals surface area contributed by atoms with E-state index < -0.39 is 0 Å². The van der Waals surface area contributed by atoms with Gasteiger partial charge in [-0.05, 0) is 50.8 Å². The van der Waals surface area contributed by atoms with Gasteiger partial charge in [0.1, 0.15) is 0 Å². The highest BCUT2D eigenvalue weighted by molar-refractivity contribution is 5.30. The molecule has 1 heterocycles. The normalized spacial score (nSPS) is 19.8. The fraction of sp³-hybridized carbons (Fsp3) is 0.600. The summed E-state index contributed by atoms with van der Waals surface area (Å²) in [6.45, 7) is 7.34. The van der Waals surface area contributed by atoms with Crippen LogP contribution in [0.3, 0.4) is 0 Å². The van der Waals surface area contributed by atoms with E-state index in [2.05, 4.69) is 37.4 Å². The van der Waals surface area contributed by atoms with E-state index in [0.29, 0.717) is 6.10 Å². The van der Waals surface area contributed by atoms with Crippen LogP contribution in [0.25, 0.3) is 0 Å². The van der Waals surface area contributed by atoms with Gasteiger partial charge in [-0.1, -0.05) is 23.8 Å². The summed E-state index contributed by atoms with van der Waals surface area (Å²) in [5.74, 6) is 0. The van der Waals surface area contributed by atoms with Crippen molar-refractivity contribution in [1.82, 2.24) is 5.32 Å². The summed E-state index contributed by atoms with van der Waals surface area (Å²) in [6.07, 6.45) is 4.01. The molecule has 1 N–H and O–H groups in total. The Morgan fingerprint density at radius 2 is 2.24 bits per heavy atom. The van der Waals surface area contributed by atoms with Gasteiger partial charge in [-0.25, -0.2) is 0 Å². The van der Waals surface area contributed by atoms with Crippen LogP contribution >= 0.6 is 0 Å². The van der Waals surface area contributed by atoms with Gasteiger partial charge in [0.05, 0.1) is 6.10 Å². The summed E-state index contributed by atoms with van der Waals surface area (Å²) in [6, 6.07) is 6.69. The van der Waals surface area contributed by atoms with Gasteiger partial charge in [0.15, 0.2) is 0 Å². The molecule has 0 bridgehead atoms. The molecule has 94 valence electrons. The first-order valence-corrected chi connectivity index (χ1v) is 6.64. The third-order valence-corrected chi connectivity index (χ3v) is 3.47. The van der Waals surface area contributed by atoms with Crippen LogP contribution < -0.4 is 5.32 Å². The van der Waals surface area contributed by atoms with E-state index in [1.54, 1.807) is 0 Å². The second kappa shape index (κ2) is 6.18. The molecule has 17 heavy (non-hydrogen) atoms. The van der Waals surface area contributed by atoms with Gasteiger partial charge in [-0.2, -0.15) is 0 Å². The van der Waals surface area contributed by atoms with Crippen molar-refractivity contribution < 1.29 is 4.74 Å². The third-order valence-electron chi connectivity index (χ3n) is 3.47. The first-order chi connectivity index (χ1) is 8.25. The highest BCUT2D eigenvalue weighted by Crippen LogP contribution is 2.12. The molecule has 0 aromatic heterocycles. The van der Waals surface area contributed by atoms with Gasteiger partial charge < -0.3 is 10.1 Å². The maximum absolute atomic E-state index is 5.59. The Bertz CT molecular complexity index is 356. The van der Waals surface area contributed by atoms with Crippen LogP contribution in [0.1, 0.15) is 29.5 Å². The molecule has 2 rings (SSSR count). The number of aryl methyl sites for hydroxylation is 2. The predicted molar refractivity (Wildman–Crippen MR) is 71.5 cm³/mol. The number of benzene rings is 1. The summed E-state index contributed by atoms with van der Waals surface area (Å²) in [7, 11) is 0. The van der Waals surface area contributed by atoms with Crippen molar-refractivity contribution >= 4 is 0 Å². The van der Waals surface area contributed by atoms with E-state index in [-0.39, 0.29) is 0 Å². The zero-order valence-corrected chi connectivity index (χ0v) is 11.0. The number of nitrogens with one attached hydrogen (secondary N) is 1. The summed E-state index contributed by atoms with van der Waals surface area (Å²) in [5, 5.41) is 3.50. The molecule has 1 aromatic rings. The number of rotatable bonds is 5. The second-order valence-electron chi connectivity index (χ2n) is 5.02. The van der Waals surface area contributed by atoms with Gasteiger partial charge in [0.25, 0.3) is 0 Å². The summed E-state index contributed by atoms with van der Waals surface area (Å²) < 4.78 is 5.59. The van der Waals surface area contributed by atoms with Crippen LogP contribution in [-0.4, -0.2) is 25.8 Å². The van der Waals surface area contributed by atoms with E-state index in [1.165, 1.54) is 29.5 Å². The Kier molecular flexibility index (Phi) is 4.57. The number of ether oxygens (including phenoxy) is 1. The van der Waals surface area contributed by atoms with E-state index in [9.17, 15) is 0 Å². The van der Waals surface area contributed by atoms with Gasteiger partial charge in [0, 0.05) is 13.2 Å². The minimum atomic E-state index is 0.452. The molecule has 1 aliphatic heterocycles. The van der Waals surface area contributed by atoms with Gasteiger partial charge >= 0.3 is 0 Å². The Morgan fingerprint density at radius 3 is 3.00 bits per heavy atom. The van der Waals surface area contributed by atoms with Gasteiger partial charge in [-0.3, -0.25) is 0 Å². The summed E-state index contributed by atoms with van der Waals surface area (Å²) in [4.78, 5) is 0. The van der Waals surface area contributed by atoms with E-state index >= 15 is 0 Å². The molecule has 1 unspecified atom stereocenters. The zero-order chi connectivity index (χ0) is 12.1. The number of hydrogen-bond donors (Lipinski definition) is 1. The predicted octanol–water partition coefficient (Wildman–Crippen LogP) is 2.61. The highest BCUT2D eigenvalue weighted by Gasteiger charge is 2.14. The Balaban J connectivity index is 1.72. The fourth-order valence-corrected chi connectivity index (χ4v) is 2.36. The monoisotopic (exact) mass is 233 g/mol. The SMILES string of the molecule is Cc1ccc(C)c(CCNCC2CCCO2)c1. The lowest BCUT2D eigenvalue weighted by atomic mass is 10.0. The Hall–Kier alpha value is -0.860. The Morgan fingerprint density at radius 1 is 1.35 bits per heavy atom. The van der Waals surface area contributed by atoms with Crippen LogP contribution in [0.2, 0.25) is 0 Å². The van der Waals surface area contributed by atoms with Gasteiger partial charge in [0.2, 0.25) is 0 Å². The molecule has 1 aliphatic rings. The zero-order valence-electron chi connectivity index (χ0n) is 11.0. The molecule has 2 heteroatoms. The lowest BCUT2D eigenvalue weighted by molar-refractivity contribution is 0.110. The van der Waals surface area contributed by atoms with Gasteiger partial charge in [-0.15, -0.1) is 0 Å². The van der Waals surface area contributed by atoms with Crippen molar-refractivity contribution in [2.45, 2.75) is 39.2 Å².